The van der Waals surface area contributed by atoms with Gasteiger partial charge in [0, 0.05) is 25.8 Å². The second-order valence-electron chi connectivity index (χ2n) is 8.42. The first-order valence-electron chi connectivity index (χ1n) is 10.9. The number of aliphatic hydroxyl groups is 1. The number of amides is 1. The van der Waals surface area contributed by atoms with E-state index >= 15 is 0 Å². The molecule has 1 saturated heterocycles. The third kappa shape index (κ3) is 5.02. The van der Waals surface area contributed by atoms with Gasteiger partial charge in [0.15, 0.2) is 0 Å². The molecule has 32 heavy (non-hydrogen) atoms. The van der Waals surface area contributed by atoms with E-state index in [1.165, 1.54) is 4.90 Å². The van der Waals surface area contributed by atoms with Crippen molar-refractivity contribution in [3.05, 3.63) is 70.8 Å². The third-order valence-electron chi connectivity index (χ3n) is 5.48. The topological polar surface area (TPSA) is 76.1 Å². The lowest BCUT2D eigenvalue weighted by molar-refractivity contribution is -0.140. The Labute approximate surface area is 189 Å². The lowest BCUT2D eigenvalue weighted by Gasteiger charge is -2.26. The highest BCUT2D eigenvalue weighted by molar-refractivity contribution is 6.46. The number of methoxy groups -OCH3 is 1. The number of ether oxygens (including phenoxy) is 2. The van der Waals surface area contributed by atoms with Crippen molar-refractivity contribution in [2.45, 2.75) is 33.2 Å². The molecule has 1 N–H and O–H groups in total. The Morgan fingerprint density at radius 2 is 1.78 bits per heavy atom. The van der Waals surface area contributed by atoms with Gasteiger partial charge in [0.1, 0.15) is 11.5 Å². The van der Waals surface area contributed by atoms with Gasteiger partial charge in [-0.15, -0.1) is 0 Å². The van der Waals surface area contributed by atoms with E-state index in [0.29, 0.717) is 43.4 Å². The molecule has 1 heterocycles. The van der Waals surface area contributed by atoms with E-state index in [9.17, 15) is 14.7 Å². The number of ketones is 1. The van der Waals surface area contributed by atoms with Gasteiger partial charge in [-0.1, -0.05) is 38.1 Å². The van der Waals surface area contributed by atoms with Crippen LogP contribution >= 0.6 is 0 Å². The zero-order valence-corrected chi connectivity index (χ0v) is 19.1. The smallest absolute Gasteiger partial charge is 0.295 e. The van der Waals surface area contributed by atoms with Gasteiger partial charge in [-0.05, 0) is 54.7 Å². The Morgan fingerprint density at radius 3 is 2.41 bits per heavy atom. The molecule has 170 valence electrons. The monoisotopic (exact) mass is 437 g/mol. The van der Waals surface area contributed by atoms with Crippen LogP contribution in [0.1, 0.15) is 43.0 Å². The average molecular weight is 438 g/mol. The highest BCUT2D eigenvalue weighted by atomic mass is 16.5. The van der Waals surface area contributed by atoms with Gasteiger partial charge in [0.2, 0.25) is 0 Å². The number of benzene rings is 2. The molecule has 2 aromatic rings. The summed E-state index contributed by atoms with van der Waals surface area (Å²) in [4.78, 5) is 27.5. The van der Waals surface area contributed by atoms with E-state index in [2.05, 4.69) is 13.8 Å². The molecule has 1 fully saturated rings. The first-order chi connectivity index (χ1) is 15.3. The number of aliphatic hydroxyl groups excluding tert-OH is 1. The number of carbonyl (C=O) groups excluding carboxylic acids is 2. The fourth-order valence-corrected chi connectivity index (χ4v) is 3.83. The number of hydrogen-bond acceptors (Lipinski definition) is 5. The minimum absolute atomic E-state index is 0.109. The van der Waals surface area contributed by atoms with Crippen molar-refractivity contribution in [2.75, 3.05) is 26.9 Å². The molecular formula is C26H31NO5. The number of Topliss-reactive ketones (excluding diaryl/α,β-unsaturated/α-hetero) is 1. The second kappa shape index (κ2) is 10.5. The van der Waals surface area contributed by atoms with E-state index in [0.717, 1.165) is 11.1 Å². The van der Waals surface area contributed by atoms with Crippen LogP contribution in [0.15, 0.2) is 54.1 Å². The highest BCUT2D eigenvalue weighted by Gasteiger charge is 2.46. The SMILES string of the molecule is COCCCN1C(=O)C(=O)/C(=C(\O)c2ccc(OCC(C)C)cc2)C1c1ccccc1C. The number of likely N-dealkylation sites (tertiary alicyclic amines) is 1. The van der Waals surface area contributed by atoms with E-state index in [4.69, 9.17) is 9.47 Å². The van der Waals surface area contributed by atoms with Crippen molar-refractivity contribution in [1.82, 2.24) is 4.90 Å². The van der Waals surface area contributed by atoms with E-state index in [-0.39, 0.29) is 11.3 Å². The van der Waals surface area contributed by atoms with Crippen molar-refractivity contribution >= 4 is 17.4 Å². The molecule has 6 heteroatoms. The molecule has 1 aliphatic heterocycles. The van der Waals surface area contributed by atoms with Crippen LogP contribution < -0.4 is 4.74 Å². The molecule has 0 aliphatic carbocycles. The lowest BCUT2D eigenvalue weighted by atomic mass is 9.92. The van der Waals surface area contributed by atoms with Gasteiger partial charge >= 0.3 is 0 Å². The molecule has 1 unspecified atom stereocenters. The summed E-state index contributed by atoms with van der Waals surface area (Å²) in [6.07, 6.45) is 0.591. The summed E-state index contributed by atoms with van der Waals surface area (Å²) in [6.45, 7) is 7.49. The van der Waals surface area contributed by atoms with Gasteiger partial charge < -0.3 is 19.5 Å². The summed E-state index contributed by atoms with van der Waals surface area (Å²) < 4.78 is 10.8. The van der Waals surface area contributed by atoms with Crippen LogP contribution in [0.4, 0.5) is 0 Å². The molecule has 2 aromatic carbocycles. The quantitative estimate of drug-likeness (QED) is 0.271. The van der Waals surface area contributed by atoms with Gasteiger partial charge in [-0.3, -0.25) is 9.59 Å². The molecular weight excluding hydrogens is 406 g/mol. The molecule has 3 rings (SSSR count). The van der Waals surface area contributed by atoms with E-state index < -0.39 is 17.7 Å². The normalized spacial score (nSPS) is 17.9. The molecule has 1 atom stereocenters. The summed E-state index contributed by atoms with van der Waals surface area (Å²) in [5.74, 6) is -0.376. The molecule has 0 spiro atoms. The molecule has 6 nitrogen and oxygen atoms in total. The Morgan fingerprint density at radius 1 is 1.09 bits per heavy atom. The summed E-state index contributed by atoms with van der Waals surface area (Å²) in [6, 6.07) is 13.9. The van der Waals surface area contributed by atoms with Crippen molar-refractivity contribution in [2.24, 2.45) is 5.92 Å². The molecule has 1 amide bonds. The van der Waals surface area contributed by atoms with Crippen molar-refractivity contribution in [1.29, 1.82) is 0 Å². The highest BCUT2D eigenvalue weighted by Crippen LogP contribution is 2.40. The largest absolute Gasteiger partial charge is 0.507 e. The second-order valence-corrected chi connectivity index (χ2v) is 8.42. The zero-order chi connectivity index (χ0) is 23.3. The lowest BCUT2D eigenvalue weighted by Crippen LogP contribution is -2.31. The summed E-state index contributed by atoms with van der Waals surface area (Å²) in [5.41, 5.74) is 2.34. The maximum Gasteiger partial charge on any atom is 0.295 e. The van der Waals surface area contributed by atoms with Crippen LogP contribution in [0.5, 0.6) is 5.75 Å². The van der Waals surface area contributed by atoms with Gasteiger partial charge in [-0.25, -0.2) is 0 Å². The molecule has 0 aromatic heterocycles. The minimum atomic E-state index is -0.673. The van der Waals surface area contributed by atoms with Crippen LogP contribution in [0, 0.1) is 12.8 Å². The Bertz CT molecular complexity index is 994. The van der Waals surface area contributed by atoms with Gasteiger partial charge in [-0.2, -0.15) is 0 Å². The van der Waals surface area contributed by atoms with Crippen molar-refractivity contribution in [3.63, 3.8) is 0 Å². The summed E-state index contributed by atoms with van der Waals surface area (Å²) in [5, 5.41) is 11.1. The van der Waals surface area contributed by atoms with Crippen LogP contribution in [-0.4, -0.2) is 48.6 Å². The van der Waals surface area contributed by atoms with Crippen LogP contribution in [0.3, 0.4) is 0 Å². The van der Waals surface area contributed by atoms with E-state index in [1.807, 2.05) is 31.2 Å². The first kappa shape index (κ1) is 23.5. The Balaban J connectivity index is 2.02. The number of carbonyl (C=O) groups is 2. The fourth-order valence-electron chi connectivity index (χ4n) is 3.83. The fraction of sp³-hybridized carbons (Fsp3) is 0.385. The van der Waals surface area contributed by atoms with E-state index in [1.54, 1.807) is 31.4 Å². The van der Waals surface area contributed by atoms with Crippen LogP contribution in [-0.2, 0) is 14.3 Å². The Hall–Kier alpha value is -3.12. The van der Waals surface area contributed by atoms with Crippen molar-refractivity contribution in [3.8, 4) is 5.75 Å². The molecule has 1 aliphatic rings. The predicted octanol–water partition coefficient (Wildman–Crippen LogP) is 4.49. The van der Waals surface area contributed by atoms with Crippen molar-refractivity contribution < 1.29 is 24.2 Å². The number of hydrogen-bond donors (Lipinski definition) is 1. The molecule has 0 bridgehead atoms. The predicted molar refractivity (Wildman–Crippen MR) is 123 cm³/mol. The number of rotatable bonds is 9. The molecule has 0 saturated carbocycles. The maximum atomic E-state index is 13.0. The number of nitrogens with zero attached hydrogens (tertiary/aromatic N) is 1. The van der Waals surface area contributed by atoms with Crippen LogP contribution in [0.2, 0.25) is 0 Å². The van der Waals surface area contributed by atoms with Gasteiger partial charge in [0.05, 0.1) is 18.2 Å². The minimum Gasteiger partial charge on any atom is -0.507 e. The summed E-state index contributed by atoms with van der Waals surface area (Å²) in [7, 11) is 1.60. The molecule has 0 radical (unpaired) electrons. The standard InChI is InChI=1S/C26H31NO5/c1-17(2)16-32-20-12-10-19(11-13-20)24(28)22-23(21-9-6-5-8-18(21)3)27(14-7-15-31-4)26(30)25(22)29/h5-6,8-13,17,23,28H,7,14-16H2,1-4H3/b24-22-. The van der Waals surface area contributed by atoms with Crippen LogP contribution in [0.25, 0.3) is 5.76 Å². The Kier molecular flexibility index (Phi) is 7.70. The number of aryl methyl sites for hydroxylation is 1. The average Bonchev–Trinajstić information content (AvgIpc) is 3.03. The third-order valence-corrected chi connectivity index (χ3v) is 5.48. The van der Waals surface area contributed by atoms with Gasteiger partial charge in [0.25, 0.3) is 11.7 Å². The maximum absolute atomic E-state index is 13.0. The summed E-state index contributed by atoms with van der Waals surface area (Å²) >= 11 is 0. The zero-order valence-electron chi connectivity index (χ0n) is 19.1. The first-order valence-corrected chi connectivity index (χ1v) is 10.9.